The Bertz CT molecular complexity index is 523. The Labute approximate surface area is 144 Å². The highest BCUT2D eigenvalue weighted by atomic mass is 16.3. The Kier molecular flexibility index (Phi) is 6.10. The number of carbonyl (C=O) groups excluding carboxylic acids is 1. The Hall–Kier alpha value is -1.59. The molecule has 132 valence electrons. The molecule has 2 aliphatic heterocycles. The van der Waals surface area contributed by atoms with Gasteiger partial charge in [0, 0.05) is 38.3 Å². The van der Waals surface area contributed by atoms with E-state index in [9.17, 15) is 4.79 Å². The fourth-order valence-electron chi connectivity index (χ4n) is 3.98. The second-order valence-electron chi connectivity index (χ2n) is 6.93. The molecule has 2 heterocycles. The van der Waals surface area contributed by atoms with Crippen molar-refractivity contribution in [2.24, 2.45) is 0 Å². The van der Waals surface area contributed by atoms with Gasteiger partial charge in [0.15, 0.2) is 0 Å². The summed E-state index contributed by atoms with van der Waals surface area (Å²) in [5, 5.41) is 12.4. The van der Waals surface area contributed by atoms with Crippen LogP contribution in [0.15, 0.2) is 30.3 Å². The maximum absolute atomic E-state index is 12.8. The van der Waals surface area contributed by atoms with Gasteiger partial charge < -0.3 is 15.3 Å². The molecule has 3 rings (SSSR count). The van der Waals surface area contributed by atoms with Crippen molar-refractivity contribution in [1.29, 1.82) is 0 Å². The third-order valence-electron chi connectivity index (χ3n) is 5.25. The summed E-state index contributed by atoms with van der Waals surface area (Å²) in [7, 11) is 0. The van der Waals surface area contributed by atoms with Crippen LogP contribution in [0.3, 0.4) is 0 Å². The topological polar surface area (TPSA) is 55.8 Å². The van der Waals surface area contributed by atoms with Crippen molar-refractivity contribution in [2.75, 3.05) is 26.2 Å². The first-order chi connectivity index (χ1) is 11.8. The van der Waals surface area contributed by atoms with Crippen molar-refractivity contribution in [2.45, 2.75) is 50.7 Å². The smallest absolute Gasteiger partial charge is 0.317 e. The lowest BCUT2D eigenvalue weighted by molar-refractivity contribution is 0.163. The number of carbonyl (C=O) groups is 1. The van der Waals surface area contributed by atoms with Gasteiger partial charge >= 0.3 is 6.03 Å². The van der Waals surface area contributed by atoms with Crippen LogP contribution in [0.1, 0.15) is 37.7 Å². The Morgan fingerprint density at radius 3 is 2.83 bits per heavy atom. The van der Waals surface area contributed by atoms with Gasteiger partial charge in [0.05, 0.1) is 0 Å². The summed E-state index contributed by atoms with van der Waals surface area (Å²) in [5.74, 6) is 0. The third kappa shape index (κ3) is 4.28. The summed E-state index contributed by atoms with van der Waals surface area (Å²) >= 11 is 0. The van der Waals surface area contributed by atoms with Gasteiger partial charge in [-0.3, -0.25) is 4.90 Å². The molecular weight excluding hydrogens is 302 g/mol. The molecule has 5 heteroatoms. The fraction of sp³-hybridized carbons (Fsp3) is 0.632. The molecule has 2 fully saturated rings. The molecule has 1 aromatic carbocycles. The van der Waals surface area contributed by atoms with Gasteiger partial charge in [-0.1, -0.05) is 36.8 Å². The van der Waals surface area contributed by atoms with Crippen molar-refractivity contribution in [3.63, 3.8) is 0 Å². The minimum absolute atomic E-state index is 0.00438. The van der Waals surface area contributed by atoms with Gasteiger partial charge in [-0.2, -0.15) is 0 Å². The molecule has 0 aromatic heterocycles. The number of rotatable bonds is 6. The van der Waals surface area contributed by atoms with E-state index < -0.39 is 0 Å². The van der Waals surface area contributed by atoms with Crippen LogP contribution < -0.4 is 5.32 Å². The molecule has 2 amide bonds. The zero-order chi connectivity index (χ0) is 16.8. The van der Waals surface area contributed by atoms with Gasteiger partial charge in [0.1, 0.15) is 0 Å². The Morgan fingerprint density at radius 1 is 1.21 bits per heavy atom. The van der Waals surface area contributed by atoms with Crippen molar-refractivity contribution in [3.05, 3.63) is 35.9 Å². The van der Waals surface area contributed by atoms with Crippen molar-refractivity contribution >= 4 is 6.03 Å². The zero-order valence-corrected chi connectivity index (χ0v) is 14.4. The number of amides is 2. The number of hydrogen-bond donors (Lipinski definition) is 2. The summed E-state index contributed by atoms with van der Waals surface area (Å²) in [5.41, 5.74) is 1.12. The molecule has 0 radical (unpaired) electrons. The second kappa shape index (κ2) is 8.49. The largest absolute Gasteiger partial charge is 0.396 e. The van der Waals surface area contributed by atoms with E-state index in [-0.39, 0.29) is 18.7 Å². The SMILES string of the molecule is O=C(N[C@@H]1CCN2CCCC[C@H]12)N(CCCO)Cc1ccccc1. The van der Waals surface area contributed by atoms with E-state index in [1.54, 1.807) is 0 Å². The molecule has 0 bridgehead atoms. The first-order valence-corrected chi connectivity index (χ1v) is 9.22. The molecule has 24 heavy (non-hydrogen) atoms. The first-order valence-electron chi connectivity index (χ1n) is 9.22. The van der Waals surface area contributed by atoms with E-state index >= 15 is 0 Å². The Morgan fingerprint density at radius 2 is 2.04 bits per heavy atom. The van der Waals surface area contributed by atoms with Crippen molar-refractivity contribution in [3.8, 4) is 0 Å². The molecule has 2 atom stereocenters. The number of fused-ring (bicyclic) bond motifs is 1. The second-order valence-corrected chi connectivity index (χ2v) is 6.93. The van der Waals surface area contributed by atoms with E-state index in [0.717, 1.165) is 18.5 Å². The van der Waals surface area contributed by atoms with Gasteiger partial charge in [-0.25, -0.2) is 4.79 Å². The zero-order valence-electron chi connectivity index (χ0n) is 14.4. The molecule has 2 N–H and O–H groups in total. The van der Waals surface area contributed by atoms with E-state index in [1.807, 2.05) is 35.2 Å². The summed E-state index contributed by atoms with van der Waals surface area (Å²) in [6.07, 6.45) is 5.41. The van der Waals surface area contributed by atoms with Crippen molar-refractivity contribution < 1.29 is 9.90 Å². The van der Waals surface area contributed by atoms with Crippen LogP contribution in [0.5, 0.6) is 0 Å². The standard InChI is InChI=1S/C19H29N3O2/c23-14-6-12-22(15-16-7-2-1-3-8-16)19(24)20-17-10-13-21-11-5-4-9-18(17)21/h1-3,7-8,17-18,23H,4-6,9-15H2,(H,20,24)/t17-,18-/m1/s1. The molecular formula is C19H29N3O2. The number of hydrogen-bond acceptors (Lipinski definition) is 3. The summed E-state index contributed by atoms with van der Waals surface area (Å²) in [4.78, 5) is 17.2. The highest BCUT2D eigenvalue weighted by molar-refractivity contribution is 5.74. The van der Waals surface area contributed by atoms with Crippen LogP contribution in [0, 0.1) is 0 Å². The van der Waals surface area contributed by atoms with E-state index in [2.05, 4.69) is 10.2 Å². The lowest BCUT2D eigenvalue weighted by Crippen LogP contribution is -2.50. The molecule has 2 aliphatic rings. The maximum Gasteiger partial charge on any atom is 0.317 e. The highest BCUT2D eigenvalue weighted by Gasteiger charge is 2.36. The van der Waals surface area contributed by atoms with E-state index in [4.69, 9.17) is 5.11 Å². The van der Waals surface area contributed by atoms with E-state index in [1.165, 1.54) is 25.8 Å². The van der Waals surface area contributed by atoms with Gasteiger partial charge in [-0.15, -0.1) is 0 Å². The number of aliphatic hydroxyl groups excluding tert-OH is 1. The minimum Gasteiger partial charge on any atom is -0.396 e. The molecule has 0 aliphatic carbocycles. The molecule has 0 unspecified atom stereocenters. The molecule has 1 aromatic rings. The van der Waals surface area contributed by atoms with Gasteiger partial charge in [-0.05, 0) is 37.8 Å². The normalized spacial score (nSPS) is 23.7. The minimum atomic E-state index is 0.00438. The quantitative estimate of drug-likeness (QED) is 0.840. The molecule has 0 saturated carbocycles. The number of nitrogens with one attached hydrogen (secondary N) is 1. The van der Waals surface area contributed by atoms with Crippen molar-refractivity contribution in [1.82, 2.24) is 15.1 Å². The van der Waals surface area contributed by atoms with Crippen LogP contribution in [-0.2, 0) is 6.54 Å². The summed E-state index contributed by atoms with van der Waals surface area (Å²) in [6, 6.07) is 10.8. The summed E-state index contributed by atoms with van der Waals surface area (Å²) < 4.78 is 0. The lowest BCUT2D eigenvalue weighted by atomic mass is 9.99. The maximum atomic E-state index is 12.8. The van der Waals surface area contributed by atoms with Crippen LogP contribution in [0.2, 0.25) is 0 Å². The van der Waals surface area contributed by atoms with Crippen LogP contribution in [0.25, 0.3) is 0 Å². The highest BCUT2D eigenvalue weighted by Crippen LogP contribution is 2.27. The number of aliphatic hydroxyl groups is 1. The molecule has 2 saturated heterocycles. The van der Waals surface area contributed by atoms with Crippen LogP contribution in [0.4, 0.5) is 4.79 Å². The predicted molar refractivity (Wildman–Crippen MR) is 94.7 cm³/mol. The van der Waals surface area contributed by atoms with Gasteiger partial charge in [0.2, 0.25) is 0 Å². The van der Waals surface area contributed by atoms with Gasteiger partial charge in [0.25, 0.3) is 0 Å². The van der Waals surface area contributed by atoms with E-state index in [0.29, 0.717) is 25.6 Å². The summed E-state index contributed by atoms with van der Waals surface area (Å²) in [6.45, 7) is 3.56. The predicted octanol–water partition coefficient (Wildman–Crippen LogP) is 2.21. The van der Waals surface area contributed by atoms with Crippen LogP contribution in [-0.4, -0.2) is 59.3 Å². The first kappa shape index (κ1) is 17.2. The Balaban J connectivity index is 1.60. The average Bonchev–Trinajstić information content (AvgIpc) is 3.02. The number of nitrogens with zero attached hydrogens (tertiary/aromatic N) is 2. The average molecular weight is 331 g/mol. The third-order valence-corrected chi connectivity index (χ3v) is 5.25. The number of urea groups is 1. The molecule has 0 spiro atoms. The monoisotopic (exact) mass is 331 g/mol. The fourth-order valence-corrected chi connectivity index (χ4v) is 3.98. The lowest BCUT2D eigenvalue weighted by Gasteiger charge is -2.33. The number of piperidine rings is 1. The molecule has 5 nitrogen and oxygen atoms in total. The van der Waals surface area contributed by atoms with Crippen LogP contribution >= 0.6 is 0 Å². The number of benzene rings is 1.